The minimum Gasteiger partial charge on any atom is -0.384 e. The van der Waals surface area contributed by atoms with Crippen LogP contribution in [0.15, 0.2) is 42.6 Å². The van der Waals surface area contributed by atoms with Gasteiger partial charge in [-0.2, -0.15) is 0 Å². The van der Waals surface area contributed by atoms with Gasteiger partial charge in [0.05, 0.1) is 0 Å². The number of amides is 1. The number of benzene rings is 1. The third kappa shape index (κ3) is 2.45. The minimum absolute atomic E-state index is 0.269. The van der Waals surface area contributed by atoms with E-state index in [1.54, 1.807) is 25.2 Å². The summed E-state index contributed by atoms with van der Waals surface area (Å²) in [7, 11) is 1.58. The molecule has 4 nitrogen and oxygen atoms in total. The Bertz CT molecular complexity index is 586. The highest BCUT2D eigenvalue weighted by atomic mass is 19.1. The molecule has 18 heavy (non-hydrogen) atoms. The first-order valence-corrected chi connectivity index (χ1v) is 5.33. The number of anilines is 2. The molecule has 5 heteroatoms. The van der Waals surface area contributed by atoms with Crippen LogP contribution in [0.4, 0.5) is 15.9 Å². The highest BCUT2D eigenvalue weighted by Crippen LogP contribution is 2.17. The molecule has 92 valence electrons. The van der Waals surface area contributed by atoms with Crippen LogP contribution in [0.2, 0.25) is 0 Å². The Kier molecular flexibility index (Phi) is 3.23. The smallest absolute Gasteiger partial charge is 0.258 e. The van der Waals surface area contributed by atoms with Crippen LogP contribution in [0.5, 0.6) is 0 Å². The van der Waals surface area contributed by atoms with Crippen LogP contribution in [-0.2, 0) is 0 Å². The molecule has 0 atom stereocenters. The maximum Gasteiger partial charge on any atom is 0.258 e. The first-order chi connectivity index (χ1) is 8.58. The van der Waals surface area contributed by atoms with E-state index < -0.39 is 0 Å². The lowest BCUT2D eigenvalue weighted by molar-refractivity contribution is 0.0993. The molecule has 0 aliphatic rings. The van der Waals surface area contributed by atoms with E-state index in [0.717, 1.165) is 0 Å². The number of hydrogen-bond donors (Lipinski definition) is 1. The van der Waals surface area contributed by atoms with Crippen LogP contribution in [0.1, 0.15) is 10.4 Å². The van der Waals surface area contributed by atoms with Crippen molar-refractivity contribution in [1.29, 1.82) is 0 Å². The second kappa shape index (κ2) is 4.83. The minimum atomic E-state index is -0.388. The summed E-state index contributed by atoms with van der Waals surface area (Å²) in [6, 6.07) is 8.88. The molecule has 0 unspecified atom stereocenters. The quantitative estimate of drug-likeness (QED) is 0.881. The molecule has 2 N–H and O–H groups in total. The predicted molar refractivity (Wildman–Crippen MR) is 67.8 cm³/mol. The van der Waals surface area contributed by atoms with Crippen molar-refractivity contribution in [3.8, 4) is 0 Å². The number of hydrogen-bond acceptors (Lipinski definition) is 3. The zero-order valence-electron chi connectivity index (χ0n) is 9.80. The van der Waals surface area contributed by atoms with E-state index in [9.17, 15) is 9.18 Å². The third-order valence-corrected chi connectivity index (χ3v) is 2.53. The van der Waals surface area contributed by atoms with E-state index in [1.165, 1.54) is 29.3 Å². The largest absolute Gasteiger partial charge is 0.384 e. The predicted octanol–water partition coefficient (Wildman–Crippen LogP) is 2.08. The van der Waals surface area contributed by atoms with Crippen molar-refractivity contribution in [2.24, 2.45) is 0 Å². The normalized spacial score (nSPS) is 10.1. The molecule has 0 saturated carbocycles. The van der Waals surface area contributed by atoms with Gasteiger partial charge in [-0.15, -0.1) is 0 Å². The van der Waals surface area contributed by atoms with Crippen LogP contribution in [-0.4, -0.2) is 17.9 Å². The number of nitrogens with two attached hydrogens (primary N) is 1. The van der Waals surface area contributed by atoms with Gasteiger partial charge in [-0.05, 0) is 30.3 Å². The monoisotopic (exact) mass is 245 g/mol. The maximum absolute atomic E-state index is 13.1. The van der Waals surface area contributed by atoms with Gasteiger partial charge in [-0.3, -0.25) is 4.79 Å². The van der Waals surface area contributed by atoms with E-state index in [-0.39, 0.29) is 17.5 Å². The lowest BCUT2D eigenvalue weighted by Gasteiger charge is -2.17. The molecular weight excluding hydrogens is 233 g/mol. The molecule has 0 radical (unpaired) electrons. The van der Waals surface area contributed by atoms with Crippen molar-refractivity contribution in [2.75, 3.05) is 17.7 Å². The maximum atomic E-state index is 13.1. The molecule has 0 aliphatic carbocycles. The standard InChI is InChI=1S/C13H12FN3O/c1-17(11-4-2-3-10(14)8-11)13(18)9-5-6-16-12(15)7-9/h2-8H,1H3,(H2,15,16). The van der Waals surface area contributed by atoms with E-state index in [2.05, 4.69) is 4.98 Å². The topological polar surface area (TPSA) is 59.2 Å². The Labute approximate surface area is 104 Å². The zero-order valence-corrected chi connectivity index (χ0v) is 9.80. The van der Waals surface area contributed by atoms with Crippen LogP contribution >= 0.6 is 0 Å². The highest BCUT2D eigenvalue weighted by molar-refractivity contribution is 6.06. The van der Waals surface area contributed by atoms with E-state index >= 15 is 0 Å². The number of pyridine rings is 1. The SMILES string of the molecule is CN(C(=O)c1ccnc(N)c1)c1cccc(F)c1. The van der Waals surface area contributed by atoms with Crippen molar-refractivity contribution in [2.45, 2.75) is 0 Å². The van der Waals surface area contributed by atoms with Gasteiger partial charge in [-0.25, -0.2) is 9.37 Å². The van der Waals surface area contributed by atoms with Gasteiger partial charge in [0.15, 0.2) is 0 Å². The molecule has 0 fully saturated rings. The average Bonchev–Trinajstić information content (AvgIpc) is 2.37. The Morgan fingerprint density at radius 1 is 1.33 bits per heavy atom. The fourth-order valence-corrected chi connectivity index (χ4v) is 1.58. The molecule has 1 heterocycles. The van der Waals surface area contributed by atoms with Crippen molar-refractivity contribution >= 4 is 17.4 Å². The summed E-state index contributed by atoms with van der Waals surface area (Å²) in [6.45, 7) is 0. The summed E-state index contributed by atoms with van der Waals surface area (Å²) >= 11 is 0. The number of carbonyl (C=O) groups excluding carboxylic acids is 1. The second-order valence-electron chi connectivity index (χ2n) is 3.81. The first kappa shape index (κ1) is 12.0. The van der Waals surface area contributed by atoms with Crippen LogP contribution in [0, 0.1) is 5.82 Å². The number of rotatable bonds is 2. The molecule has 1 aromatic carbocycles. The van der Waals surface area contributed by atoms with Gasteiger partial charge < -0.3 is 10.6 Å². The number of nitrogens with zero attached hydrogens (tertiary/aromatic N) is 2. The van der Waals surface area contributed by atoms with Gasteiger partial charge in [0, 0.05) is 24.5 Å². The van der Waals surface area contributed by atoms with Gasteiger partial charge in [0.25, 0.3) is 5.91 Å². The fraction of sp³-hybridized carbons (Fsp3) is 0.0769. The van der Waals surface area contributed by atoms with E-state index in [4.69, 9.17) is 5.73 Å². The zero-order chi connectivity index (χ0) is 13.1. The summed E-state index contributed by atoms with van der Waals surface area (Å²) < 4.78 is 13.1. The number of carbonyl (C=O) groups is 1. The number of nitrogen functional groups attached to an aromatic ring is 1. The van der Waals surface area contributed by atoms with Crippen molar-refractivity contribution in [3.05, 3.63) is 54.0 Å². The summed E-state index contributed by atoms with van der Waals surface area (Å²) in [6.07, 6.45) is 1.46. The lowest BCUT2D eigenvalue weighted by atomic mass is 10.2. The number of halogens is 1. The van der Waals surface area contributed by atoms with Crippen molar-refractivity contribution < 1.29 is 9.18 Å². The Balaban J connectivity index is 2.29. The molecule has 1 amide bonds. The summed E-state index contributed by atoms with van der Waals surface area (Å²) in [5, 5.41) is 0. The molecule has 0 spiro atoms. The lowest BCUT2D eigenvalue weighted by Crippen LogP contribution is -2.26. The van der Waals surface area contributed by atoms with Crippen molar-refractivity contribution in [3.63, 3.8) is 0 Å². The highest BCUT2D eigenvalue weighted by Gasteiger charge is 2.14. The van der Waals surface area contributed by atoms with E-state index in [1.807, 2.05) is 0 Å². The Hall–Kier alpha value is -2.43. The molecule has 0 bridgehead atoms. The summed E-state index contributed by atoms with van der Waals surface area (Å²) in [5.41, 5.74) is 6.41. The van der Waals surface area contributed by atoms with Gasteiger partial charge in [0.2, 0.25) is 0 Å². The van der Waals surface area contributed by atoms with Crippen LogP contribution in [0.25, 0.3) is 0 Å². The van der Waals surface area contributed by atoms with Crippen LogP contribution in [0.3, 0.4) is 0 Å². The molecule has 2 rings (SSSR count). The average molecular weight is 245 g/mol. The van der Waals surface area contributed by atoms with Gasteiger partial charge >= 0.3 is 0 Å². The molecule has 1 aromatic heterocycles. The number of aromatic nitrogens is 1. The van der Waals surface area contributed by atoms with Gasteiger partial charge in [0.1, 0.15) is 11.6 Å². The fourth-order valence-electron chi connectivity index (χ4n) is 1.58. The van der Waals surface area contributed by atoms with Crippen LogP contribution < -0.4 is 10.6 Å². The first-order valence-electron chi connectivity index (χ1n) is 5.33. The summed E-state index contributed by atoms with van der Waals surface area (Å²) in [5.74, 6) is -0.385. The summed E-state index contributed by atoms with van der Waals surface area (Å²) in [4.78, 5) is 17.3. The van der Waals surface area contributed by atoms with E-state index in [0.29, 0.717) is 11.3 Å². The Morgan fingerprint density at radius 3 is 2.78 bits per heavy atom. The van der Waals surface area contributed by atoms with Crippen molar-refractivity contribution in [1.82, 2.24) is 4.98 Å². The molecular formula is C13H12FN3O. The second-order valence-corrected chi connectivity index (χ2v) is 3.81. The third-order valence-electron chi connectivity index (χ3n) is 2.53. The molecule has 2 aromatic rings. The molecule has 0 aliphatic heterocycles. The molecule has 0 saturated heterocycles. The Morgan fingerprint density at radius 2 is 2.11 bits per heavy atom. The van der Waals surface area contributed by atoms with Gasteiger partial charge in [-0.1, -0.05) is 6.07 Å².